The molecule has 0 atom stereocenters. The summed E-state index contributed by atoms with van der Waals surface area (Å²) in [4.78, 5) is 0. The molecule has 0 N–H and O–H groups in total. The normalized spacial score (nSPS) is 14.2. The van der Waals surface area contributed by atoms with Crippen LogP contribution in [0.15, 0.2) is 0 Å². The van der Waals surface area contributed by atoms with Crippen LogP contribution in [0.25, 0.3) is 0 Å². The Morgan fingerprint density at radius 1 is 1.09 bits per heavy atom. The van der Waals surface area contributed by atoms with Gasteiger partial charge in [-0.25, -0.2) is 0 Å². The zero-order valence-corrected chi connectivity index (χ0v) is 5.35. The molecule has 0 aromatic carbocycles. The molecule has 2 radical (unpaired) electrons. The molecule has 0 aliphatic carbocycles. The fourth-order valence-corrected chi connectivity index (χ4v) is 0.307. The molecule has 0 unspecified atom stereocenters. The highest BCUT2D eigenvalue weighted by Crippen LogP contribution is 2.43. The minimum absolute atomic E-state index is 0.272. The van der Waals surface area contributed by atoms with Crippen molar-refractivity contribution >= 4 is 0 Å². The fourth-order valence-electron chi connectivity index (χ4n) is 0.307. The Balaban J connectivity index is 4.53. The van der Waals surface area contributed by atoms with Gasteiger partial charge in [0.05, 0.1) is 0 Å². The van der Waals surface area contributed by atoms with E-state index in [9.17, 15) is 26.3 Å². The van der Waals surface area contributed by atoms with E-state index < -0.39 is 18.3 Å². The van der Waals surface area contributed by atoms with Crippen LogP contribution in [0, 0.1) is 12.8 Å². The van der Waals surface area contributed by atoms with Crippen LogP contribution in [0.5, 0.6) is 0 Å². The van der Waals surface area contributed by atoms with Crippen molar-refractivity contribution in [2.24, 2.45) is 0 Å². The van der Waals surface area contributed by atoms with Crippen LogP contribution in [-0.2, 0) is 0 Å². The highest BCUT2D eigenvalue weighted by molar-refractivity contribution is 5.01. The number of alkyl halides is 4. The predicted molar refractivity (Wildman–Crippen MR) is 25.3 cm³/mol. The van der Waals surface area contributed by atoms with Gasteiger partial charge in [-0.1, -0.05) is 6.92 Å². The molecule has 0 fully saturated rings. The lowest BCUT2D eigenvalue weighted by Crippen LogP contribution is -2.42. The zero-order chi connectivity index (χ0) is 9.28. The maximum absolute atomic E-state index is 11.9. The van der Waals surface area contributed by atoms with Crippen LogP contribution in [0.3, 0.4) is 0 Å². The summed E-state index contributed by atoms with van der Waals surface area (Å²) in [6.45, 7) is 0.580. The first-order valence-electron chi connectivity index (χ1n) is 2.50. The molecule has 0 spiro atoms. The Labute approximate surface area is 59.2 Å². The Kier molecular flexibility index (Phi) is 2.79. The van der Waals surface area contributed by atoms with Gasteiger partial charge in [0.2, 0.25) is 0 Å². The maximum Gasteiger partial charge on any atom is 0.384 e. The van der Waals surface area contributed by atoms with Crippen LogP contribution in [-0.4, -0.2) is 11.8 Å². The molecule has 0 rings (SSSR count). The molecule has 0 bridgehead atoms. The first-order valence-corrected chi connectivity index (χ1v) is 2.50. The van der Waals surface area contributed by atoms with Crippen LogP contribution in [0.4, 0.5) is 26.3 Å². The van der Waals surface area contributed by atoms with E-state index in [1.165, 1.54) is 0 Å². The van der Waals surface area contributed by atoms with Gasteiger partial charge in [-0.3, -0.25) is 0 Å². The van der Waals surface area contributed by atoms with Crippen molar-refractivity contribution in [1.82, 2.24) is 0 Å². The lowest BCUT2D eigenvalue weighted by atomic mass is 10.1. The van der Waals surface area contributed by atoms with Crippen molar-refractivity contribution in [3.63, 3.8) is 0 Å². The van der Waals surface area contributed by atoms with Gasteiger partial charge >= 0.3 is 18.3 Å². The van der Waals surface area contributed by atoms with Gasteiger partial charge in [0.25, 0.3) is 0 Å². The van der Waals surface area contributed by atoms with E-state index in [1.54, 1.807) is 0 Å². The minimum Gasteiger partial charge on any atom is -0.199 e. The summed E-state index contributed by atoms with van der Waals surface area (Å²) in [5, 5.41) is 0. The lowest BCUT2D eigenvalue weighted by molar-refractivity contribution is -0.209. The van der Waals surface area contributed by atoms with Crippen LogP contribution in [0.2, 0.25) is 0 Å². The van der Waals surface area contributed by atoms with E-state index in [0.29, 0.717) is 6.92 Å². The van der Waals surface area contributed by atoms with Gasteiger partial charge in [0, 0.05) is 6.42 Å². The molecule has 0 saturated heterocycles. The Morgan fingerprint density at radius 3 is 1.55 bits per heavy atom. The quantitative estimate of drug-likeness (QED) is 0.583. The van der Waals surface area contributed by atoms with E-state index in [1.807, 2.05) is 0 Å². The number of hydrogen-bond donors (Lipinski definition) is 0. The second-order valence-corrected chi connectivity index (χ2v) is 1.75. The van der Waals surface area contributed by atoms with E-state index in [-0.39, 0.29) is 6.42 Å². The molecular weight excluding hydrogens is 174 g/mol. The van der Waals surface area contributed by atoms with Gasteiger partial charge in [0.15, 0.2) is 0 Å². The predicted octanol–water partition coefficient (Wildman–Crippen LogP) is 2.91. The second kappa shape index (κ2) is 2.91. The SMILES string of the molecule is C[CH]C(F)(F)C(F)(F)[C](F)F. The highest BCUT2D eigenvalue weighted by Gasteiger charge is 2.63. The average molecular weight is 178 g/mol. The number of hydrogen-bond acceptors (Lipinski definition) is 0. The Hall–Kier alpha value is -0.420. The van der Waals surface area contributed by atoms with Crippen molar-refractivity contribution in [3.8, 4) is 0 Å². The summed E-state index contributed by atoms with van der Waals surface area (Å²) < 4.78 is 69.6. The van der Waals surface area contributed by atoms with Crippen LogP contribution >= 0.6 is 0 Å². The molecule has 66 valence electrons. The van der Waals surface area contributed by atoms with Gasteiger partial charge in [-0.15, -0.1) is 0 Å². The molecule has 0 amide bonds. The van der Waals surface area contributed by atoms with Crippen molar-refractivity contribution in [2.45, 2.75) is 18.8 Å². The van der Waals surface area contributed by atoms with E-state index in [4.69, 9.17) is 0 Å². The summed E-state index contributed by atoms with van der Waals surface area (Å²) in [6, 6.07) is 0. The molecule has 0 nitrogen and oxygen atoms in total. The standard InChI is InChI=1S/C5H4F6/c1-2-4(8,9)5(10,11)3(6)7/h2H,1H3. The molecule has 0 heterocycles. The Bertz CT molecular complexity index is 129. The van der Waals surface area contributed by atoms with Crippen molar-refractivity contribution in [1.29, 1.82) is 0 Å². The average Bonchev–Trinajstić information content (AvgIpc) is 1.87. The lowest BCUT2D eigenvalue weighted by Gasteiger charge is -2.22. The summed E-state index contributed by atoms with van der Waals surface area (Å²) in [7, 11) is 0. The summed E-state index contributed by atoms with van der Waals surface area (Å²) >= 11 is 0. The van der Waals surface area contributed by atoms with E-state index >= 15 is 0 Å². The van der Waals surface area contributed by atoms with Gasteiger partial charge in [0.1, 0.15) is 0 Å². The monoisotopic (exact) mass is 178 g/mol. The summed E-state index contributed by atoms with van der Waals surface area (Å²) in [5.41, 5.74) is 0. The third kappa shape index (κ3) is 1.78. The molecule has 11 heavy (non-hydrogen) atoms. The van der Waals surface area contributed by atoms with Gasteiger partial charge < -0.3 is 0 Å². The summed E-state index contributed by atoms with van der Waals surface area (Å²) in [5.74, 6) is -10.1. The first-order chi connectivity index (χ1) is 4.75. The third-order valence-corrected chi connectivity index (χ3v) is 1.02. The number of halogens is 6. The minimum atomic E-state index is -5.36. The third-order valence-electron chi connectivity index (χ3n) is 1.02. The molecule has 6 heteroatoms. The Morgan fingerprint density at radius 2 is 1.45 bits per heavy atom. The first kappa shape index (κ1) is 10.6. The summed E-state index contributed by atoms with van der Waals surface area (Å²) in [6.07, 6.45) is -3.85. The van der Waals surface area contributed by atoms with E-state index in [2.05, 4.69) is 0 Å². The molecule has 0 aromatic heterocycles. The maximum atomic E-state index is 11.9. The van der Waals surface area contributed by atoms with Gasteiger partial charge in [-0.05, 0) is 0 Å². The van der Waals surface area contributed by atoms with Crippen molar-refractivity contribution < 1.29 is 26.3 Å². The van der Waals surface area contributed by atoms with Gasteiger partial charge in [-0.2, -0.15) is 26.3 Å². The van der Waals surface area contributed by atoms with E-state index in [0.717, 1.165) is 0 Å². The molecule has 0 aliphatic rings. The topological polar surface area (TPSA) is 0 Å². The van der Waals surface area contributed by atoms with Crippen LogP contribution in [0.1, 0.15) is 6.92 Å². The smallest absolute Gasteiger partial charge is 0.199 e. The molecule has 0 aliphatic heterocycles. The molecule has 0 saturated carbocycles. The highest BCUT2D eigenvalue weighted by atomic mass is 19.3. The molecular formula is C5H4F6. The van der Waals surface area contributed by atoms with Crippen molar-refractivity contribution in [2.75, 3.05) is 0 Å². The second-order valence-electron chi connectivity index (χ2n) is 1.75. The fraction of sp³-hybridized carbons (Fsp3) is 0.600. The molecule has 0 aromatic rings. The number of rotatable bonds is 3. The largest absolute Gasteiger partial charge is 0.384 e. The van der Waals surface area contributed by atoms with Crippen molar-refractivity contribution in [3.05, 3.63) is 12.8 Å². The zero-order valence-electron chi connectivity index (χ0n) is 5.35. The van der Waals surface area contributed by atoms with Crippen LogP contribution < -0.4 is 0 Å².